The number of carbonyl (C=O) groups excluding carboxylic acids is 1. The van der Waals surface area contributed by atoms with Gasteiger partial charge in [0.25, 0.3) is 5.91 Å². The van der Waals surface area contributed by atoms with Gasteiger partial charge in [0.15, 0.2) is 5.69 Å². The third kappa shape index (κ3) is 3.66. The smallest absolute Gasteiger partial charge is 0.275 e. The maximum atomic E-state index is 12.4. The molecule has 1 amide bonds. The lowest BCUT2D eigenvalue weighted by atomic mass is 9.93. The zero-order valence-electron chi connectivity index (χ0n) is 12.7. The van der Waals surface area contributed by atoms with Crippen LogP contribution < -0.4 is 5.73 Å². The van der Waals surface area contributed by atoms with Crippen LogP contribution in [0.25, 0.3) is 5.69 Å². The van der Waals surface area contributed by atoms with E-state index in [0.717, 1.165) is 5.69 Å². The molecule has 0 aliphatic rings. The monoisotopic (exact) mass is 287 g/mol. The Morgan fingerprint density at radius 1 is 1.33 bits per heavy atom. The SMILES string of the molecule is CN(CC(C)(C)CN)C(=O)c1cn(-c2ccccc2)nn1. The molecule has 0 bridgehead atoms. The predicted octanol–water partition coefficient (Wildman–Crippen LogP) is 1.32. The van der Waals surface area contributed by atoms with Gasteiger partial charge in [0.05, 0.1) is 11.9 Å². The van der Waals surface area contributed by atoms with E-state index >= 15 is 0 Å². The summed E-state index contributed by atoms with van der Waals surface area (Å²) in [5, 5.41) is 7.96. The highest BCUT2D eigenvalue weighted by Crippen LogP contribution is 2.15. The largest absolute Gasteiger partial charge is 0.340 e. The van der Waals surface area contributed by atoms with Crippen LogP contribution in [-0.4, -0.2) is 45.9 Å². The fraction of sp³-hybridized carbons (Fsp3) is 0.400. The zero-order chi connectivity index (χ0) is 15.5. The van der Waals surface area contributed by atoms with Gasteiger partial charge in [-0.2, -0.15) is 0 Å². The second-order valence-electron chi connectivity index (χ2n) is 5.91. The third-order valence-corrected chi connectivity index (χ3v) is 3.30. The number of amides is 1. The van der Waals surface area contributed by atoms with Crippen LogP contribution in [0, 0.1) is 5.41 Å². The lowest BCUT2D eigenvalue weighted by Gasteiger charge is -2.28. The molecule has 6 heteroatoms. The van der Waals surface area contributed by atoms with E-state index in [1.165, 1.54) is 0 Å². The van der Waals surface area contributed by atoms with E-state index in [9.17, 15) is 4.79 Å². The summed E-state index contributed by atoms with van der Waals surface area (Å²) in [6.07, 6.45) is 1.64. The molecule has 2 aromatic rings. The number of benzene rings is 1. The molecule has 0 fully saturated rings. The molecule has 21 heavy (non-hydrogen) atoms. The molecular formula is C15H21N5O. The average molecular weight is 287 g/mol. The summed E-state index contributed by atoms with van der Waals surface area (Å²) in [4.78, 5) is 14.0. The number of rotatable bonds is 5. The Bertz CT molecular complexity index is 606. The second kappa shape index (κ2) is 6.05. The molecule has 2 rings (SSSR count). The minimum Gasteiger partial charge on any atom is -0.340 e. The highest BCUT2D eigenvalue weighted by molar-refractivity contribution is 5.91. The van der Waals surface area contributed by atoms with E-state index < -0.39 is 0 Å². The normalized spacial score (nSPS) is 11.4. The quantitative estimate of drug-likeness (QED) is 0.900. The maximum absolute atomic E-state index is 12.4. The lowest BCUT2D eigenvalue weighted by Crippen LogP contribution is -2.39. The summed E-state index contributed by atoms with van der Waals surface area (Å²) in [5.41, 5.74) is 6.78. The molecule has 0 unspecified atom stereocenters. The molecule has 0 spiro atoms. The van der Waals surface area contributed by atoms with Gasteiger partial charge in [-0.25, -0.2) is 4.68 Å². The van der Waals surface area contributed by atoms with Gasteiger partial charge in [-0.05, 0) is 24.1 Å². The summed E-state index contributed by atoms with van der Waals surface area (Å²) >= 11 is 0. The van der Waals surface area contributed by atoms with Gasteiger partial charge < -0.3 is 10.6 Å². The number of nitrogens with two attached hydrogens (primary N) is 1. The molecule has 6 nitrogen and oxygen atoms in total. The standard InChI is InChI=1S/C15H21N5O/c1-15(2,10-16)11-19(3)14(21)13-9-20(18-17-13)12-7-5-4-6-8-12/h4-9H,10-11,16H2,1-3H3. The number of nitrogens with zero attached hydrogens (tertiary/aromatic N) is 4. The molecule has 0 atom stereocenters. The van der Waals surface area contributed by atoms with Gasteiger partial charge >= 0.3 is 0 Å². The molecule has 1 heterocycles. The van der Waals surface area contributed by atoms with Crippen molar-refractivity contribution in [3.05, 3.63) is 42.2 Å². The number of hydrogen-bond donors (Lipinski definition) is 1. The van der Waals surface area contributed by atoms with Crippen molar-refractivity contribution in [1.29, 1.82) is 0 Å². The fourth-order valence-corrected chi connectivity index (χ4v) is 2.04. The molecule has 2 N–H and O–H groups in total. The molecule has 0 aliphatic heterocycles. The topological polar surface area (TPSA) is 77.0 Å². The van der Waals surface area contributed by atoms with E-state index in [1.807, 2.05) is 44.2 Å². The Balaban J connectivity index is 2.12. The second-order valence-corrected chi connectivity index (χ2v) is 5.91. The summed E-state index contributed by atoms with van der Waals surface area (Å²) < 4.78 is 1.59. The van der Waals surface area contributed by atoms with E-state index in [1.54, 1.807) is 22.8 Å². The third-order valence-electron chi connectivity index (χ3n) is 3.30. The molecule has 1 aromatic heterocycles. The highest BCUT2D eigenvalue weighted by Gasteiger charge is 2.23. The molecule has 112 valence electrons. The van der Waals surface area contributed by atoms with E-state index in [0.29, 0.717) is 18.8 Å². The molecule has 0 saturated carbocycles. The molecule has 0 radical (unpaired) electrons. The highest BCUT2D eigenvalue weighted by atomic mass is 16.2. The molecule has 0 aliphatic carbocycles. The van der Waals surface area contributed by atoms with Gasteiger partial charge in [-0.3, -0.25) is 4.79 Å². The van der Waals surface area contributed by atoms with Crippen molar-refractivity contribution in [2.75, 3.05) is 20.1 Å². The first kappa shape index (κ1) is 15.2. The number of hydrogen-bond acceptors (Lipinski definition) is 4. The fourth-order valence-electron chi connectivity index (χ4n) is 2.04. The van der Waals surface area contributed by atoms with Crippen molar-refractivity contribution in [3.8, 4) is 5.69 Å². The van der Waals surface area contributed by atoms with Crippen LogP contribution in [-0.2, 0) is 0 Å². The first-order valence-electron chi connectivity index (χ1n) is 6.86. The number of para-hydroxylation sites is 1. The Labute approximate surface area is 124 Å². The van der Waals surface area contributed by atoms with Crippen molar-refractivity contribution in [2.24, 2.45) is 11.1 Å². The molecule has 1 aromatic carbocycles. The first-order valence-corrected chi connectivity index (χ1v) is 6.86. The van der Waals surface area contributed by atoms with Crippen LogP contribution in [0.15, 0.2) is 36.5 Å². The van der Waals surface area contributed by atoms with E-state index in [-0.39, 0.29) is 11.3 Å². The molecule has 0 saturated heterocycles. The van der Waals surface area contributed by atoms with Gasteiger partial charge in [0, 0.05) is 13.6 Å². The zero-order valence-corrected chi connectivity index (χ0v) is 12.7. The number of carbonyl (C=O) groups is 1. The van der Waals surface area contributed by atoms with Crippen LogP contribution in [0.2, 0.25) is 0 Å². The Kier molecular flexibility index (Phi) is 4.37. The summed E-state index contributed by atoms with van der Waals surface area (Å²) in [5.74, 6) is -0.154. The maximum Gasteiger partial charge on any atom is 0.275 e. The van der Waals surface area contributed by atoms with Gasteiger partial charge in [0.2, 0.25) is 0 Å². The Hall–Kier alpha value is -2.21. The van der Waals surface area contributed by atoms with Crippen molar-refractivity contribution in [3.63, 3.8) is 0 Å². The summed E-state index contributed by atoms with van der Waals surface area (Å²) in [7, 11) is 1.75. The van der Waals surface area contributed by atoms with Crippen molar-refractivity contribution >= 4 is 5.91 Å². The molecular weight excluding hydrogens is 266 g/mol. The van der Waals surface area contributed by atoms with Crippen LogP contribution in [0.4, 0.5) is 0 Å². The van der Waals surface area contributed by atoms with Gasteiger partial charge in [-0.1, -0.05) is 37.3 Å². The number of aromatic nitrogens is 3. The minimum absolute atomic E-state index is 0.125. The van der Waals surface area contributed by atoms with Crippen molar-refractivity contribution in [1.82, 2.24) is 19.9 Å². The van der Waals surface area contributed by atoms with Gasteiger partial charge in [0.1, 0.15) is 0 Å². The van der Waals surface area contributed by atoms with Crippen LogP contribution in [0.1, 0.15) is 24.3 Å². The first-order chi connectivity index (χ1) is 9.93. The summed E-state index contributed by atoms with van der Waals surface area (Å²) in [6, 6.07) is 9.56. The Morgan fingerprint density at radius 3 is 2.62 bits per heavy atom. The van der Waals surface area contributed by atoms with E-state index in [2.05, 4.69) is 10.3 Å². The predicted molar refractivity (Wildman–Crippen MR) is 81.2 cm³/mol. The Morgan fingerprint density at radius 2 is 2.00 bits per heavy atom. The van der Waals surface area contributed by atoms with Gasteiger partial charge in [-0.15, -0.1) is 5.10 Å². The summed E-state index contributed by atoms with van der Waals surface area (Å²) in [6.45, 7) is 5.14. The minimum atomic E-state index is -0.154. The average Bonchev–Trinajstić information content (AvgIpc) is 2.96. The van der Waals surface area contributed by atoms with Crippen LogP contribution >= 0.6 is 0 Å². The van der Waals surface area contributed by atoms with Crippen LogP contribution in [0.5, 0.6) is 0 Å². The van der Waals surface area contributed by atoms with Crippen molar-refractivity contribution in [2.45, 2.75) is 13.8 Å². The van der Waals surface area contributed by atoms with Crippen LogP contribution in [0.3, 0.4) is 0 Å². The van der Waals surface area contributed by atoms with Crippen molar-refractivity contribution < 1.29 is 4.79 Å². The van der Waals surface area contributed by atoms with E-state index in [4.69, 9.17) is 5.73 Å². The lowest BCUT2D eigenvalue weighted by molar-refractivity contribution is 0.0734.